The number of rotatable bonds is 3. The summed E-state index contributed by atoms with van der Waals surface area (Å²) in [6.45, 7) is -0.0772. The van der Waals surface area contributed by atoms with Gasteiger partial charge in [-0.3, -0.25) is 4.79 Å². The number of aromatic amines is 1. The fourth-order valence-corrected chi connectivity index (χ4v) is 2.70. The summed E-state index contributed by atoms with van der Waals surface area (Å²) in [6, 6.07) is 13.2. The molecule has 1 heterocycles. The van der Waals surface area contributed by atoms with Gasteiger partial charge in [0.05, 0.1) is 0 Å². The molecule has 0 atom stereocenters. The molecule has 0 bridgehead atoms. The largest absolute Gasteiger partial charge is 0.456 e. The number of carbonyl (C=O) groups is 1. The highest BCUT2D eigenvalue weighted by molar-refractivity contribution is 6.35. The van der Waals surface area contributed by atoms with Crippen LogP contribution in [0, 0.1) is 0 Å². The van der Waals surface area contributed by atoms with Crippen molar-refractivity contribution in [3.8, 4) is 0 Å². The van der Waals surface area contributed by atoms with Crippen LogP contribution in [0.4, 0.5) is 0 Å². The zero-order valence-electron chi connectivity index (χ0n) is 11.8. The maximum atomic E-state index is 12.2. The van der Waals surface area contributed by atoms with E-state index in [4.69, 9.17) is 27.9 Å². The van der Waals surface area contributed by atoms with Crippen LogP contribution < -0.4 is 5.43 Å². The molecule has 4 nitrogen and oxygen atoms in total. The second kappa shape index (κ2) is 6.44. The first kappa shape index (κ1) is 15.6. The third-order valence-electron chi connectivity index (χ3n) is 3.37. The van der Waals surface area contributed by atoms with Gasteiger partial charge in [-0.1, -0.05) is 41.4 Å². The van der Waals surface area contributed by atoms with Gasteiger partial charge in [-0.2, -0.15) is 0 Å². The number of hydrogen-bond acceptors (Lipinski definition) is 3. The van der Waals surface area contributed by atoms with Crippen molar-refractivity contribution in [1.82, 2.24) is 4.98 Å². The molecule has 0 fully saturated rings. The van der Waals surface area contributed by atoms with Crippen LogP contribution in [0.25, 0.3) is 10.9 Å². The van der Waals surface area contributed by atoms with Crippen molar-refractivity contribution in [1.29, 1.82) is 0 Å². The molecule has 116 valence electrons. The van der Waals surface area contributed by atoms with Gasteiger partial charge in [0.1, 0.15) is 12.3 Å². The van der Waals surface area contributed by atoms with Crippen LogP contribution in [0.1, 0.15) is 16.1 Å². The molecule has 1 N–H and O–H groups in total. The highest BCUT2D eigenvalue weighted by Crippen LogP contribution is 2.25. The Bertz CT molecular complexity index is 930. The second-order valence-corrected chi connectivity index (χ2v) is 5.68. The lowest BCUT2D eigenvalue weighted by Gasteiger charge is -2.09. The van der Waals surface area contributed by atoms with Crippen molar-refractivity contribution in [3.05, 3.63) is 80.1 Å². The van der Waals surface area contributed by atoms with E-state index in [9.17, 15) is 9.59 Å². The molecule has 0 spiro atoms. The van der Waals surface area contributed by atoms with Crippen LogP contribution in [0.2, 0.25) is 10.0 Å². The minimum atomic E-state index is -0.649. The van der Waals surface area contributed by atoms with Crippen LogP contribution in [0.5, 0.6) is 0 Å². The Hall–Kier alpha value is -2.30. The van der Waals surface area contributed by atoms with E-state index < -0.39 is 5.97 Å². The van der Waals surface area contributed by atoms with Crippen LogP contribution in [0.15, 0.2) is 53.3 Å². The molecule has 0 saturated carbocycles. The predicted octanol–water partition coefficient (Wildman–Crippen LogP) is 4.19. The Morgan fingerprint density at radius 2 is 1.74 bits per heavy atom. The molecular formula is C17H11Cl2NO3. The molecule has 3 rings (SSSR count). The van der Waals surface area contributed by atoms with E-state index in [0.717, 1.165) is 0 Å². The molecule has 0 aliphatic carbocycles. The molecule has 0 aliphatic rings. The minimum Gasteiger partial charge on any atom is -0.456 e. The van der Waals surface area contributed by atoms with Gasteiger partial charge in [0.25, 0.3) is 0 Å². The van der Waals surface area contributed by atoms with Gasteiger partial charge in [0, 0.05) is 32.6 Å². The monoisotopic (exact) mass is 347 g/mol. The van der Waals surface area contributed by atoms with Gasteiger partial charge in [0.2, 0.25) is 0 Å². The van der Waals surface area contributed by atoms with Gasteiger partial charge in [-0.25, -0.2) is 4.79 Å². The summed E-state index contributed by atoms with van der Waals surface area (Å²) in [6.07, 6.45) is 0. The molecule has 2 aromatic carbocycles. The predicted molar refractivity (Wildman–Crippen MR) is 90.2 cm³/mol. The number of halogens is 2. The summed E-state index contributed by atoms with van der Waals surface area (Å²) >= 11 is 12.1. The molecular weight excluding hydrogens is 337 g/mol. The zero-order valence-corrected chi connectivity index (χ0v) is 13.3. The fraction of sp³-hybridized carbons (Fsp3) is 0.0588. The van der Waals surface area contributed by atoms with Crippen molar-refractivity contribution < 1.29 is 9.53 Å². The van der Waals surface area contributed by atoms with E-state index in [1.54, 1.807) is 42.5 Å². The molecule has 6 heteroatoms. The van der Waals surface area contributed by atoms with Crippen molar-refractivity contribution in [2.45, 2.75) is 6.61 Å². The highest BCUT2D eigenvalue weighted by Gasteiger charge is 2.13. The number of fused-ring (bicyclic) bond motifs is 1. The van der Waals surface area contributed by atoms with E-state index >= 15 is 0 Å². The lowest BCUT2D eigenvalue weighted by Crippen LogP contribution is -2.13. The van der Waals surface area contributed by atoms with E-state index in [1.165, 1.54) is 6.07 Å². The molecule has 0 aliphatic heterocycles. The van der Waals surface area contributed by atoms with Gasteiger partial charge >= 0.3 is 5.97 Å². The quantitative estimate of drug-likeness (QED) is 0.722. The Morgan fingerprint density at radius 3 is 2.48 bits per heavy atom. The Balaban J connectivity index is 1.85. The fourth-order valence-electron chi connectivity index (χ4n) is 2.19. The average Bonchev–Trinajstić information content (AvgIpc) is 2.54. The summed E-state index contributed by atoms with van der Waals surface area (Å²) in [7, 11) is 0. The third kappa shape index (κ3) is 3.23. The van der Waals surface area contributed by atoms with Gasteiger partial charge in [-0.15, -0.1) is 0 Å². The number of benzene rings is 2. The highest BCUT2D eigenvalue weighted by atomic mass is 35.5. The minimum absolute atomic E-state index is 0.0772. The number of nitrogens with one attached hydrogen (secondary N) is 1. The summed E-state index contributed by atoms with van der Waals surface area (Å²) in [5.74, 6) is -0.649. The number of aromatic nitrogens is 1. The smallest absolute Gasteiger partial charge is 0.355 e. The summed E-state index contributed by atoms with van der Waals surface area (Å²) < 4.78 is 5.20. The summed E-state index contributed by atoms with van der Waals surface area (Å²) in [5, 5.41) is 1.34. The molecule has 23 heavy (non-hydrogen) atoms. The first-order valence-corrected chi connectivity index (χ1v) is 7.54. The standard InChI is InChI=1S/C17H11Cl2NO3/c18-12-5-3-6-13(19)11(12)9-23-17(22)15-8-16(21)10-4-1-2-7-14(10)20-15/h1-8H,9H2,(H,20,21). The van der Waals surface area contributed by atoms with Crippen LogP contribution in [-0.4, -0.2) is 11.0 Å². The second-order valence-electron chi connectivity index (χ2n) is 4.87. The molecule has 0 unspecified atom stereocenters. The van der Waals surface area contributed by atoms with E-state index in [2.05, 4.69) is 4.98 Å². The SMILES string of the molecule is O=C(OCc1c(Cl)cccc1Cl)c1cc(=O)c2ccccc2[nH]1. The van der Waals surface area contributed by atoms with E-state index in [-0.39, 0.29) is 17.7 Å². The van der Waals surface area contributed by atoms with Gasteiger partial charge in [-0.05, 0) is 24.3 Å². The Kier molecular flexibility index (Phi) is 4.37. The van der Waals surface area contributed by atoms with E-state index in [1.807, 2.05) is 0 Å². The number of esters is 1. The lowest BCUT2D eigenvalue weighted by atomic mass is 10.2. The van der Waals surface area contributed by atoms with E-state index in [0.29, 0.717) is 26.5 Å². The van der Waals surface area contributed by atoms with Crippen molar-refractivity contribution >= 4 is 40.1 Å². The maximum absolute atomic E-state index is 12.2. The zero-order chi connectivity index (χ0) is 16.4. The first-order valence-electron chi connectivity index (χ1n) is 6.78. The topological polar surface area (TPSA) is 59.2 Å². The number of hydrogen-bond donors (Lipinski definition) is 1. The van der Waals surface area contributed by atoms with Crippen molar-refractivity contribution in [2.24, 2.45) is 0 Å². The molecule has 0 radical (unpaired) electrons. The molecule has 0 amide bonds. The maximum Gasteiger partial charge on any atom is 0.355 e. The lowest BCUT2D eigenvalue weighted by molar-refractivity contribution is 0.0466. The number of carbonyl (C=O) groups excluding carboxylic acids is 1. The first-order chi connectivity index (χ1) is 11.1. The van der Waals surface area contributed by atoms with Gasteiger partial charge < -0.3 is 9.72 Å². The average molecular weight is 348 g/mol. The van der Waals surface area contributed by atoms with Crippen molar-refractivity contribution in [3.63, 3.8) is 0 Å². The molecule has 1 aromatic heterocycles. The molecule has 0 saturated heterocycles. The Labute approximate surface area is 141 Å². The number of H-pyrrole nitrogens is 1. The summed E-state index contributed by atoms with van der Waals surface area (Å²) in [5.41, 5.74) is 0.925. The number of pyridine rings is 1. The number of ether oxygens (including phenoxy) is 1. The summed E-state index contributed by atoms with van der Waals surface area (Å²) in [4.78, 5) is 27.1. The van der Waals surface area contributed by atoms with Crippen molar-refractivity contribution in [2.75, 3.05) is 0 Å². The van der Waals surface area contributed by atoms with Gasteiger partial charge in [0.15, 0.2) is 5.43 Å². The normalized spacial score (nSPS) is 10.7. The molecule has 3 aromatic rings. The van der Waals surface area contributed by atoms with Crippen LogP contribution in [0.3, 0.4) is 0 Å². The van der Waals surface area contributed by atoms with Crippen LogP contribution in [-0.2, 0) is 11.3 Å². The Morgan fingerprint density at radius 1 is 1.04 bits per heavy atom. The number of para-hydroxylation sites is 1. The third-order valence-corrected chi connectivity index (χ3v) is 4.07. The van der Waals surface area contributed by atoms with Crippen LogP contribution >= 0.6 is 23.2 Å².